The molecule has 4 atom stereocenters. The van der Waals surface area contributed by atoms with Gasteiger partial charge in [0.1, 0.15) is 17.1 Å². The van der Waals surface area contributed by atoms with E-state index in [1.165, 1.54) is 7.11 Å². The SMILES string of the molecule is COc1ccc2c(c1C(=O)O)OB(O)C1C2[C@H]2CC[C@@H]1C2. The lowest BCUT2D eigenvalue weighted by molar-refractivity contribution is 0.0690. The molecule has 4 rings (SSSR count). The minimum absolute atomic E-state index is 0.0234. The van der Waals surface area contributed by atoms with Crippen LogP contribution in [-0.4, -0.2) is 30.3 Å². The van der Waals surface area contributed by atoms with E-state index in [9.17, 15) is 14.9 Å². The van der Waals surface area contributed by atoms with Gasteiger partial charge in [0.25, 0.3) is 0 Å². The predicted octanol–water partition coefficient (Wildman–Crippen LogP) is 2.15. The van der Waals surface area contributed by atoms with E-state index in [1.54, 1.807) is 6.07 Å². The zero-order valence-corrected chi connectivity index (χ0v) is 11.8. The van der Waals surface area contributed by atoms with Crippen LogP contribution in [0.3, 0.4) is 0 Å². The van der Waals surface area contributed by atoms with E-state index in [0.29, 0.717) is 17.6 Å². The van der Waals surface area contributed by atoms with Crippen molar-refractivity contribution >= 4 is 13.1 Å². The lowest BCUT2D eigenvalue weighted by Gasteiger charge is -2.38. The molecule has 2 fully saturated rings. The Morgan fingerprint density at radius 3 is 2.86 bits per heavy atom. The second kappa shape index (κ2) is 4.40. The van der Waals surface area contributed by atoms with Crippen molar-refractivity contribution in [3.8, 4) is 11.5 Å². The number of carbonyl (C=O) groups is 1. The van der Waals surface area contributed by atoms with Crippen LogP contribution >= 0.6 is 0 Å². The summed E-state index contributed by atoms with van der Waals surface area (Å²) in [6, 6.07) is 3.61. The molecule has 2 bridgehead atoms. The van der Waals surface area contributed by atoms with Crippen LogP contribution in [0.2, 0.25) is 5.82 Å². The lowest BCUT2D eigenvalue weighted by atomic mass is 9.56. The van der Waals surface area contributed by atoms with Gasteiger partial charge in [-0.2, -0.15) is 0 Å². The lowest BCUT2D eigenvalue weighted by Crippen LogP contribution is -2.40. The van der Waals surface area contributed by atoms with Crippen molar-refractivity contribution in [2.45, 2.75) is 31.0 Å². The minimum atomic E-state index is -1.09. The Bertz CT molecular complexity index is 616. The van der Waals surface area contributed by atoms with Crippen LogP contribution in [0, 0.1) is 11.8 Å². The number of hydrogen-bond acceptors (Lipinski definition) is 4. The number of aromatic carboxylic acids is 1. The molecular weight excluding hydrogens is 271 g/mol. The molecule has 1 aliphatic heterocycles. The van der Waals surface area contributed by atoms with Crippen molar-refractivity contribution < 1.29 is 24.3 Å². The van der Waals surface area contributed by atoms with Gasteiger partial charge in [-0.15, -0.1) is 0 Å². The average molecular weight is 288 g/mol. The maximum absolute atomic E-state index is 11.6. The molecule has 2 N–H and O–H groups in total. The van der Waals surface area contributed by atoms with Gasteiger partial charge < -0.3 is 19.5 Å². The summed E-state index contributed by atoms with van der Waals surface area (Å²) in [6.07, 6.45) is 3.42. The van der Waals surface area contributed by atoms with E-state index < -0.39 is 13.1 Å². The standard InChI is InChI=1S/C15H17BO5/c1-20-10-5-4-9-11-7-2-3-8(6-7)13(11)16(19)21-14(9)12(10)15(17)18/h4-5,7-8,11,13,19H,2-3,6H2,1H3,(H,17,18)/t7-,8+,11?,13?/m0/s1. The Labute approximate surface area is 123 Å². The summed E-state index contributed by atoms with van der Waals surface area (Å²) < 4.78 is 10.8. The van der Waals surface area contributed by atoms with Crippen LogP contribution in [0.4, 0.5) is 0 Å². The molecule has 2 saturated carbocycles. The summed E-state index contributed by atoms with van der Waals surface area (Å²) in [5.74, 6) is 0.833. The van der Waals surface area contributed by atoms with Crippen molar-refractivity contribution in [2.75, 3.05) is 7.11 Å². The van der Waals surface area contributed by atoms with Gasteiger partial charge in [-0.05, 0) is 42.2 Å². The Kier molecular flexibility index (Phi) is 2.73. The maximum atomic E-state index is 11.6. The zero-order valence-electron chi connectivity index (χ0n) is 11.8. The Morgan fingerprint density at radius 2 is 2.14 bits per heavy atom. The molecule has 0 aromatic heterocycles. The van der Waals surface area contributed by atoms with Crippen molar-refractivity contribution in [2.24, 2.45) is 11.8 Å². The van der Waals surface area contributed by atoms with Gasteiger partial charge in [-0.25, -0.2) is 4.79 Å². The molecule has 0 spiro atoms. The van der Waals surface area contributed by atoms with Crippen molar-refractivity contribution in [1.29, 1.82) is 0 Å². The van der Waals surface area contributed by atoms with Crippen LogP contribution in [-0.2, 0) is 0 Å². The van der Waals surface area contributed by atoms with E-state index in [1.807, 2.05) is 6.07 Å². The highest BCUT2D eigenvalue weighted by Crippen LogP contribution is 2.64. The van der Waals surface area contributed by atoms with E-state index in [0.717, 1.165) is 24.8 Å². The fourth-order valence-electron chi connectivity index (χ4n) is 4.75. The monoisotopic (exact) mass is 288 g/mol. The number of methoxy groups -OCH3 is 1. The fourth-order valence-corrected chi connectivity index (χ4v) is 4.75. The first-order chi connectivity index (χ1) is 10.1. The highest BCUT2D eigenvalue weighted by molar-refractivity contribution is 6.47. The predicted molar refractivity (Wildman–Crippen MR) is 75.9 cm³/mol. The van der Waals surface area contributed by atoms with Gasteiger partial charge in [0.15, 0.2) is 0 Å². The largest absolute Gasteiger partial charge is 0.535 e. The van der Waals surface area contributed by atoms with Crippen molar-refractivity contribution in [1.82, 2.24) is 0 Å². The number of carboxylic acid groups (broad SMARTS) is 1. The molecule has 0 amide bonds. The summed E-state index contributed by atoms with van der Waals surface area (Å²) in [4.78, 5) is 11.6. The molecule has 1 aromatic carbocycles. The summed E-state index contributed by atoms with van der Waals surface area (Å²) in [5.41, 5.74) is 0.950. The number of carboxylic acids is 1. The first kappa shape index (κ1) is 13.0. The van der Waals surface area contributed by atoms with Crippen molar-refractivity contribution in [3.63, 3.8) is 0 Å². The van der Waals surface area contributed by atoms with Gasteiger partial charge in [0, 0.05) is 5.82 Å². The van der Waals surface area contributed by atoms with Crippen molar-refractivity contribution in [3.05, 3.63) is 23.3 Å². The van der Waals surface area contributed by atoms with Crippen LogP contribution < -0.4 is 9.39 Å². The van der Waals surface area contributed by atoms with Gasteiger partial charge in [-0.3, -0.25) is 0 Å². The topological polar surface area (TPSA) is 76.0 Å². The van der Waals surface area contributed by atoms with Crippen LogP contribution in [0.25, 0.3) is 0 Å². The highest BCUT2D eigenvalue weighted by atomic mass is 16.5. The summed E-state index contributed by atoms with van der Waals surface area (Å²) in [7, 11) is 0.524. The first-order valence-corrected chi connectivity index (χ1v) is 7.40. The molecular formula is C15H17BO5. The van der Waals surface area contributed by atoms with Crippen LogP contribution in [0.5, 0.6) is 11.5 Å². The number of fused-ring (bicyclic) bond motifs is 7. The molecule has 110 valence electrons. The smallest absolute Gasteiger partial charge is 0.526 e. The van der Waals surface area contributed by atoms with E-state index in [-0.39, 0.29) is 23.0 Å². The molecule has 6 heteroatoms. The fraction of sp³-hybridized carbons (Fsp3) is 0.533. The number of benzene rings is 1. The first-order valence-electron chi connectivity index (χ1n) is 7.40. The van der Waals surface area contributed by atoms with Gasteiger partial charge in [0.05, 0.1) is 7.11 Å². The summed E-state index contributed by atoms with van der Waals surface area (Å²) >= 11 is 0. The molecule has 0 radical (unpaired) electrons. The Morgan fingerprint density at radius 1 is 1.38 bits per heavy atom. The molecule has 1 heterocycles. The molecule has 21 heavy (non-hydrogen) atoms. The van der Waals surface area contributed by atoms with Gasteiger partial charge in [-0.1, -0.05) is 12.5 Å². The molecule has 3 aliphatic rings. The number of ether oxygens (including phenoxy) is 1. The number of hydrogen-bond donors (Lipinski definition) is 2. The van der Waals surface area contributed by atoms with E-state index >= 15 is 0 Å². The minimum Gasteiger partial charge on any atom is -0.535 e. The molecule has 2 unspecified atom stereocenters. The van der Waals surface area contributed by atoms with Gasteiger partial charge in [0.2, 0.25) is 0 Å². The molecule has 2 aliphatic carbocycles. The number of rotatable bonds is 2. The van der Waals surface area contributed by atoms with Crippen LogP contribution in [0.15, 0.2) is 12.1 Å². The molecule has 0 saturated heterocycles. The van der Waals surface area contributed by atoms with E-state index in [2.05, 4.69) is 0 Å². The summed E-state index contributed by atoms with van der Waals surface area (Å²) in [6.45, 7) is 0. The third kappa shape index (κ3) is 1.65. The second-order valence-corrected chi connectivity index (χ2v) is 6.31. The summed E-state index contributed by atoms with van der Waals surface area (Å²) in [5, 5.41) is 19.8. The third-order valence-corrected chi connectivity index (χ3v) is 5.49. The Hall–Kier alpha value is -1.69. The van der Waals surface area contributed by atoms with Gasteiger partial charge >= 0.3 is 13.1 Å². The normalized spacial score (nSPS) is 32.4. The maximum Gasteiger partial charge on any atom is 0.526 e. The molecule has 5 nitrogen and oxygen atoms in total. The average Bonchev–Trinajstić information content (AvgIpc) is 3.07. The molecule has 1 aromatic rings. The van der Waals surface area contributed by atoms with E-state index in [4.69, 9.17) is 9.39 Å². The second-order valence-electron chi connectivity index (χ2n) is 6.31. The third-order valence-electron chi connectivity index (χ3n) is 5.49. The van der Waals surface area contributed by atoms with Crippen LogP contribution in [0.1, 0.15) is 41.1 Å². The zero-order chi connectivity index (χ0) is 14.7. The highest BCUT2D eigenvalue weighted by Gasteiger charge is 2.57. The quantitative estimate of drug-likeness (QED) is 0.815. The Balaban J connectivity index is 1.89.